The molecular formula is C3H7LiO2. The Labute approximate surface area is 49.7 Å². The summed E-state index contributed by atoms with van der Waals surface area (Å²) in [5, 5.41) is 9.67. The van der Waals surface area contributed by atoms with Gasteiger partial charge in [0.1, 0.15) is 0 Å². The molecule has 0 aliphatic rings. The summed E-state index contributed by atoms with van der Waals surface area (Å²) in [5.74, 6) is 0. The molecule has 0 saturated heterocycles. The van der Waals surface area contributed by atoms with Crippen molar-refractivity contribution in [1.29, 1.82) is 0 Å². The molecule has 0 saturated carbocycles. The van der Waals surface area contributed by atoms with Crippen LogP contribution in [0.15, 0.2) is 0 Å². The van der Waals surface area contributed by atoms with E-state index in [0.717, 1.165) is 0 Å². The van der Waals surface area contributed by atoms with Crippen LogP contribution in [0.2, 0.25) is 0 Å². The molecular weight excluding hydrogens is 75.0 g/mol. The molecule has 0 fully saturated rings. The molecule has 32 valence electrons. The van der Waals surface area contributed by atoms with Crippen molar-refractivity contribution >= 4 is 0 Å². The van der Waals surface area contributed by atoms with Gasteiger partial charge in [0.15, 0.2) is 0 Å². The second-order valence-corrected chi connectivity index (χ2v) is 0.803. The van der Waals surface area contributed by atoms with E-state index < -0.39 is 6.29 Å². The summed E-state index contributed by atoms with van der Waals surface area (Å²) in [4.78, 5) is 0. The fraction of sp³-hybridized carbons (Fsp3) is 1.00. The van der Waals surface area contributed by atoms with Crippen molar-refractivity contribution < 1.29 is 28.7 Å². The first kappa shape index (κ1) is 9.72. The summed E-state index contributed by atoms with van der Waals surface area (Å²) in [5.41, 5.74) is 0. The van der Waals surface area contributed by atoms with Gasteiger partial charge in [0.25, 0.3) is 0 Å². The zero-order valence-electron chi connectivity index (χ0n) is 4.39. The average Bonchev–Trinajstić information content (AvgIpc) is 1.38. The second kappa shape index (κ2) is 5.52. The maximum atomic E-state index is 9.67. The van der Waals surface area contributed by atoms with Gasteiger partial charge in [-0.3, -0.25) is 0 Å². The van der Waals surface area contributed by atoms with E-state index in [2.05, 4.69) is 4.74 Å². The van der Waals surface area contributed by atoms with E-state index in [1.165, 1.54) is 14.0 Å². The van der Waals surface area contributed by atoms with Gasteiger partial charge in [-0.1, -0.05) is 6.92 Å². The van der Waals surface area contributed by atoms with Crippen LogP contribution in [0.3, 0.4) is 0 Å². The Balaban J connectivity index is 0. The van der Waals surface area contributed by atoms with E-state index >= 15 is 0 Å². The summed E-state index contributed by atoms with van der Waals surface area (Å²) in [6.07, 6.45) is -0.866. The van der Waals surface area contributed by atoms with Crippen LogP contribution in [0.4, 0.5) is 0 Å². The quantitative estimate of drug-likeness (QED) is 0.241. The molecule has 0 aromatic rings. The molecule has 3 heteroatoms. The molecule has 0 aliphatic heterocycles. The standard InChI is InChI=1S/C3H7O2.Li/c1-3(4)5-2;/h3H,1-2H3;/q-1;+1. The number of hydrogen-bond donors (Lipinski definition) is 0. The molecule has 0 radical (unpaired) electrons. The van der Waals surface area contributed by atoms with Gasteiger partial charge in [-0.05, 0) is 6.29 Å². The predicted octanol–water partition coefficient (Wildman–Crippen LogP) is -3.66. The fourth-order valence-corrected chi connectivity index (χ4v) is 0. The van der Waals surface area contributed by atoms with E-state index in [4.69, 9.17) is 0 Å². The number of rotatable bonds is 1. The second-order valence-electron chi connectivity index (χ2n) is 0.803. The van der Waals surface area contributed by atoms with Crippen molar-refractivity contribution in [3.05, 3.63) is 0 Å². The molecule has 0 aliphatic carbocycles. The number of ether oxygens (including phenoxy) is 1. The van der Waals surface area contributed by atoms with Crippen LogP contribution < -0.4 is 24.0 Å². The van der Waals surface area contributed by atoms with Gasteiger partial charge < -0.3 is 9.84 Å². The van der Waals surface area contributed by atoms with E-state index in [-0.39, 0.29) is 18.9 Å². The summed E-state index contributed by atoms with van der Waals surface area (Å²) < 4.78 is 4.19. The van der Waals surface area contributed by atoms with Crippen LogP contribution >= 0.6 is 0 Å². The van der Waals surface area contributed by atoms with Crippen LogP contribution in [0.5, 0.6) is 0 Å². The summed E-state index contributed by atoms with van der Waals surface area (Å²) in [6.45, 7) is 1.44. The van der Waals surface area contributed by atoms with Crippen molar-refractivity contribution in [2.45, 2.75) is 13.2 Å². The van der Waals surface area contributed by atoms with Crippen LogP contribution in [-0.2, 0) is 4.74 Å². The Kier molecular flexibility index (Phi) is 8.94. The Hall–Kier alpha value is 0.517. The summed E-state index contributed by atoms with van der Waals surface area (Å²) in [6, 6.07) is 0. The molecule has 0 N–H and O–H groups in total. The largest absolute Gasteiger partial charge is 1.00 e. The van der Waals surface area contributed by atoms with E-state index in [0.29, 0.717) is 0 Å². The maximum absolute atomic E-state index is 9.67. The van der Waals surface area contributed by atoms with Gasteiger partial charge in [0.2, 0.25) is 0 Å². The van der Waals surface area contributed by atoms with E-state index in [1.807, 2.05) is 0 Å². The van der Waals surface area contributed by atoms with Gasteiger partial charge in [-0.2, -0.15) is 0 Å². The Morgan fingerprint density at radius 1 is 1.67 bits per heavy atom. The molecule has 0 bridgehead atoms. The van der Waals surface area contributed by atoms with Crippen molar-refractivity contribution in [3.8, 4) is 0 Å². The topological polar surface area (TPSA) is 32.3 Å². The first-order valence-corrected chi connectivity index (χ1v) is 1.46. The van der Waals surface area contributed by atoms with Crippen LogP contribution in [0.25, 0.3) is 0 Å². The molecule has 0 rings (SSSR count). The maximum Gasteiger partial charge on any atom is 1.00 e. The third-order valence-electron chi connectivity index (χ3n) is 0.332. The Morgan fingerprint density at radius 3 is 1.83 bits per heavy atom. The van der Waals surface area contributed by atoms with E-state index in [1.54, 1.807) is 0 Å². The molecule has 0 amide bonds. The molecule has 1 atom stereocenters. The van der Waals surface area contributed by atoms with Crippen molar-refractivity contribution in [3.63, 3.8) is 0 Å². The van der Waals surface area contributed by atoms with E-state index in [9.17, 15) is 5.11 Å². The van der Waals surface area contributed by atoms with Gasteiger partial charge in [-0.25, -0.2) is 0 Å². The third kappa shape index (κ3) is 8.82. The first-order chi connectivity index (χ1) is 2.27. The summed E-state index contributed by atoms with van der Waals surface area (Å²) in [7, 11) is 1.39. The molecule has 0 heterocycles. The van der Waals surface area contributed by atoms with Crippen LogP contribution in [-0.4, -0.2) is 13.4 Å². The zero-order valence-corrected chi connectivity index (χ0v) is 4.39. The van der Waals surface area contributed by atoms with Crippen molar-refractivity contribution in [2.75, 3.05) is 7.11 Å². The predicted molar refractivity (Wildman–Crippen MR) is 16.5 cm³/mol. The number of methoxy groups -OCH3 is 1. The first-order valence-electron chi connectivity index (χ1n) is 1.46. The van der Waals surface area contributed by atoms with Crippen molar-refractivity contribution in [2.24, 2.45) is 0 Å². The Morgan fingerprint density at radius 2 is 1.83 bits per heavy atom. The SMILES string of the molecule is COC(C)[O-].[Li+]. The minimum absolute atomic E-state index is 0. The van der Waals surface area contributed by atoms with Gasteiger partial charge in [0.05, 0.1) is 0 Å². The summed E-state index contributed by atoms with van der Waals surface area (Å²) >= 11 is 0. The van der Waals surface area contributed by atoms with Crippen LogP contribution in [0, 0.1) is 0 Å². The van der Waals surface area contributed by atoms with Gasteiger partial charge >= 0.3 is 18.9 Å². The molecule has 2 nitrogen and oxygen atoms in total. The fourth-order valence-electron chi connectivity index (χ4n) is 0. The number of hydrogen-bond acceptors (Lipinski definition) is 2. The molecule has 6 heavy (non-hydrogen) atoms. The molecule has 1 unspecified atom stereocenters. The van der Waals surface area contributed by atoms with Crippen molar-refractivity contribution in [1.82, 2.24) is 0 Å². The molecule has 0 spiro atoms. The minimum Gasteiger partial charge on any atom is -0.831 e. The monoisotopic (exact) mass is 82.1 g/mol. The Bertz CT molecular complexity index is 22.8. The normalized spacial score (nSPS) is 12.5. The smallest absolute Gasteiger partial charge is 0.831 e. The third-order valence-corrected chi connectivity index (χ3v) is 0.332. The van der Waals surface area contributed by atoms with Gasteiger partial charge in [-0.15, -0.1) is 0 Å². The average molecular weight is 82.0 g/mol. The molecule has 0 aromatic carbocycles. The minimum atomic E-state index is -0.866. The van der Waals surface area contributed by atoms with Gasteiger partial charge in [0, 0.05) is 7.11 Å². The molecule has 0 aromatic heterocycles. The zero-order chi connectivity index (χ0) is 4.28. The van der Waals surface area contributed by atoms with Crippen LogP contribution in [0.1, 0.15) is 6.92 Å².